The molecule has 1 fully saturated rings. The molecule has 3 rings (SSSR count). The summed E-state index contributed by atoms with van der Waals surface area (Å²) in [6, 6.07) is 13.3. The van der Waals surface area contributed by atoms with Crippen LogP contribution in [0.1, 0.15) is 42.3 Å². The van der Waals surface area contributed by atoms with E-state index in [0.717, 1.165) is 28.0 Å². The Morgan fingerprint density at radius 3 is 2.54 bits per heavy atom. The van der Waals surface area contributed by atoms with E-state index in [-0.39, 0.29) is 17.3 Å². The van der Waals surface area contributed by atoms with Gasteiger partial charge in [-0.05, 0) is 45.1 Å². The number of hydrogen-bond acceptors (Lipinski definition) is 3. The molecular weight excluding hydrogens is 368 g/mol. The van der Waals surface area contributed by atoms with Gasteiger partial charge in [-0.2, -0.15) is 0 Å². The van der Waals surface area contributed by atoms with Crippen molar-refractivity contribution in [3.63, 3.8) is 0 Å². The molecule has 1 saturated heterocycles. The van der Waals surface area contributed by atoms with Gasteiger partial charge >= 0.3 is 0 Å². The van der Waals surface area contributed by atoms with Crippen LogP contribution in [0.4, 0.5) is 0 Å². The largest absolute Gasteiger partial charge is 0.491 e. The Hall–Kier alpha value is -1.65. The molecule has 1 unspecified atom stereocenters. The van der Waals surface area contributed by atoms with Crippen LogP contribution in [0.2, 0.25) is 0 Å². The maximum Gasteiger partial charge on any atom is 0.194 e. The van der Waals surface area contributed by atoms with E-state index >= 15 is 0 Å². The Morgan fingerprint density at radius 1 is 1.21 bits per heavy atom. The number of benzene rings is 2. The van der Waals surface area contributed by atoms with Gasteiger partial charge in [-0.1, -0.05) is 45.0 Å². The Labute approximate surface area is 151 Å². The molecule has 0 radical (unpaired) electrons. The number of ether oxygens (including phenoxy) is 2. The van der Waals surface area contributed by atoms with Gasteiger partial charge in [0.25, 0.3) is 0 Å². The molecule has 1 atom stereocenters. The summed E-state index contributed by atoms with van der Waals surface area (Å²) in [7, 11) is 0. The first-order valence-electron chi connectivity index (χ1n) is 8.04. The fourth-order valence-electron chi connectivity index (χ4n) is 2.60. The van der Waals surface area contributed by atoms with Crippen LogP contribution >= 0.6 is 15.9 Å². The highest BCUT2D eigenvalue weighted by Crippen LogP contribution is 2.30. The second-order valence-electron chi connectivity index (χ2n) is 7.03. The van der Waals surface area contributed by atoms with Crippen LogP contribution in [0.3, 0.4) is 0 Å². The van der Waals surface area contributed by atoms with Crippen LogP contribution in [0.5, 0.6) is 5.75 Å². The van der Waals surface area contributed by atoms with Crippen LogP contribution in [0, 0.1) is 0 Å². The van der Waals surface area contributed by atoms with Gasteiger partial charge in [0.1, 0.15) is 18.5 Å². The number of carbonyl (C=O) groups is 1. The third kappa shape index (κ3) is 3.87. The topological polar surface area (TPSA) is 38.8 Å². The SMILES string of the molecule is CC(C)(C)c1ccccc1C(=O)c1ccc(OCC2CO2)cc1Br. The van der Waals surface area contributed by atoms with Gasteiger partial charge in [-0.3, -0.25) is 4.79 Å². The molecule has 1 aliphatic rings. The van der Waals surface area contributed by atoms with Crippen molar-refractivity contribution < 1.29 is 14.3 Å². The number of rotatable bonds is 5. The summed E-state index contributed by atoms with van der Waals surface area (Å²) in [6.07, 6.45) is 0.212. The van der Waals surface area contributed by atoms with Crippen LogP contribution in [0.15, 0.2) is 46.9 Å². The average Bonchev–Trinajstić information content (AvgIpc) is 3.36. The predicted octanol–water partition coefficient (Wildman–Crippen LogP) is 4.76. The summed E-state index contributed by atoms with van der Waals surface area (Å²) < 4.78 is 11.5. The van der Waals surface area contributed by atoms with E-state index in [2.05, 4.69) is 36.7 Å². The molecule has 4 heteroatoms. The Morgan fingerprint density at radius 2 is 1.92 bits per heavy atom. The molecule has 2 aromatic carbocycles. The first-order chi connectivity index (χ1) is 11.4. The average molecular weight is 389 g/mol. The number of carbonyl (C=O) groups excluding carboxylic acids is 1. The molecule has 0 N–H and O–H groups in total. The molecule has 0 bridgehead atoms. The van der Waals surface area contributed by atoms with Crippen molar-refractivity contribution in [1.29, 1.82) is 0 Å². The predicted molar refractivity (Wildman–Crippen MR) is 98.0 cm³/mol. The molecule has 0 spiro atoms. The lowest BCUT2D eigenvalue weighted by Crippen LogP contribution is -2.17. The highest BCUT2D eigenvalue weighted by Gasteiger charge is 2.24. The summed E-state index contributed by atoms with van der Waals surface area (Å²) in [6.45, 7) is 7.66. The van der Waals surface area contributed by atoms with Gasteiger partial charge in [-0.25, -0.2) is 0 Å². The van der Waals surface area contributed by atoms with Crippen LogP contribution < -0.4 is 4.74 Å². The van der Waals surface area contributed by atoms with Crippen molar-refractivity contribution >= 4 is 21.7 Å². The monoisotopic (exact) mass is 388 g/mol. The maximum atomic E-state index is 13.0. The molecule has 0 amide bonds. The standard InChI is InChI=1S/C20H21BrO3/c1-20(2,3)17-7-5-4-6-15(17)19(22)16-9-8-13(10-18(16)21)23-11-14-12-24-14/h4-10,14H,11-12H2,1-3H3. The molecule has 126 valence electrons. The fourth-order valence-corrected chi connectivity index (χ4v) is 3.14. The van der Waals surface area contributed by atoms with Gasteiger partial charge in [0.15, 0.2) is 5.78 Å². The van der Waals surface area contributed by atoms with Gasteiger partial charge in [-0.15, -0.1) is 0 Å². The lowest BCUT2D eigenvalue weighted by atomic mass is 9.82. The molecule has 24 heavy (non-hydrogen) atoms. The van der Waals surface area contributed by atoms with E-state index < -0.39 is 0 Å². The second-order valence-corrected chi connectivity index (χ2v) is 7.89. The van der Waals surface area contributed by atoms with Gasteiger partial charge in [0, 0.05) is 15.6 Å². The number of ketones is 1. The fraction of sp³-hybridized carbons (Fsp3) is 0.350. The van der Waals surface area contributed by atoms with Crippen molar-refractivity contribution in [2.24, 2.45) is 0 Å². The lowest BCUT2D eigenvalue weighted by Gasteiger charge is -2.22. The first kappa shape index (κ1) is 17.2. The minimum atomic E-state index is -0.0912. The zero-order chi connectivity index (χ0) is 17.3. The van der Waals surface area contributed by atoms with Crippen molar-refractivity contribution in [1.82, 2.24) is 0 Å². The molecule has 0 aromatic heterocycles. The van der Waals surface area contributed by atoms with E-state index in [9.17, 15) is 4.79 Å². The van der Waals surface area contributed by atoms with Gasteiger partial charge < -0.3 is 9.47 Å². The third-order valence-corrected chi connectivity index (χ3v) is 4.66. The minimum Gasteiger partial charge on any atom is -0.491 e. The molecule has 1 aliphatic heterocycles. The number of hydrogen-bond donors (Lipinski definition) is 0. The molecule has 1 heterocycles. The Balaban J connectivity index is 1.87. The van der Waals surface area contributed by atoms with Crippen molar-refractivity contribution in [3.05, 3.63) is 63.6 Å². The van der Waals surface area contributed by atoms with Gasteiger partial charge in [0.05, 0.1) is 6.61 Å². The quantitative estimate of drug-likeness (QED) is 0.547. The summed E-state index contributed by atoms with van der Waals surface area (Å²) in [4.78, 5) is 13.0. The van der Waals surface area contributed by atoms with Crippen LogP contribution in [-0.4, -0.2) is 25.1 Å². The minimum absolute atomic E-state index is 0.0180. The number of halogens is 1. The van der Waals surface area contributed by atoms with E-state index in [1.165, 1.54) is 0 Å². The molecule has 0 aliphatic carbocycles. The highest BCUT2D eigenvalue weighted by atomic mass is 79.9. The summed E-state index contributed by atoms with van der Waals surface area (Å²) in [5.41, 5.74) is 2.34. The highest BCUT2D eigenvalue weighted by molar-refractivity contribution is 9.10. The first-order valence-corrected chi connectivity index (χ1v) is 8.84. The maximum absolute atomic E-state index is 13.0. The molecule has 3 nitrogen and oxygen atoms in total. The van der Waals surface area contributed by atoms with Crippen LogP contribution in [-0.2, 0) is 10.2 Å². The lowest BCUT2D eigenvalue weighted by molar-refractivity contribution is 0.103. The van der Waals surface area contributed by atoms with E-state index in [4.69, 9.17) is 9.47 Å². The summed E-state index contributed by atoms with van der Waals surface area (Å²) in [5, 5.41) is 0. The third-order valence-electron chi connectivity index (χ3n) is 4.00. The normalized spacial score (nSPS) is 16.8. The van der Waals surface area contributed by atoms with Gasteiger partial charge in [0.2, 0.25) is 0 Å². The molecule has 0 saturated carbocycles. The summed E-state index contributed by atoms with van der Waals surface area (Å²) in [5.74, 6) is 0.752. The van der Waals surface area contributed by atoms with E-state index in [1.807, 2.05) is 42.5 Å². The molecular formula is C20H21BrO3. The zero-order valence-corrected chi connectivity index (χ0v) is 15.7. The number of epoxide rings is 1. The smallest absolute Gasteiger partial charge is 0.194 e. The van der Waals surface area contributed by atoms with Crippen molar-refractivity contribution in [2.75, 3.05) is 13.2 Å². The van der Waals surface area contributed by atoms with Crippen molar-refractivity contribution in [2.45, 2.75) is 32.3 Å². The van der Waals surface area contributed by atoms with E-state index in [1.54, 1.807) is 0 Å². The van der Waals surface area contributed by atoms with Crippen molar-refractivity contribution in [3.8, 4) is 5.75 Å². The Kier molecular flexibility index (Phi) is 4.79. The zero-order valence-electron chi connectivity index (χ0n) is 14.1. The van der Waals surface area contributed by atoms with Crippen LogP contribution in [0.25, 0.3) is 0 Å². The van der Waals surface area contributed by atoms with E-state index in [0.29, 0.717) is 12.2 Å². The summed E-state index contributed by atoms with van der Waals surface area (Å²) >= 11 is 3.51. The Bertz CT molecular complexity index is 758. The second kappa shape index (κ2) is 6.69. The molecule has 2 aromatic rings.